The first-order valence-electron chi connectivity index (χ1n) is 19.1. The van der Waals surface area contributed by atoms with Crippen molar-refractivity contribution in [3.05, 3.63) is 224 Å². The van der Waals surface area contributed by atoms with E-state index in [1.54, 1.807) is 0 Å². The van der Waals surface area contributed by atoms with Gasteiger partial charge in [0, 0.05) is 37.1 Å². The second kappa shape index (κ2) is 14.7. The molecule has 0 spiro atoms. The van der Waals surface area contributed by atoms with Crippen LogP contribution in [-0.4, -0.2) is 0 Å². The Morgan fingerprint density at radius 1 is 0.268 bits per heavy atom. The molecule has 264 valence electrons. The Hall–Kier alpha value is -7.00. The predicted octanol–water partition coefficient (Wildman–Crippen LogP) is 15.9. The first kappa shape index (κ1) is 33.6. The molecular weight excluding hydrogens is 695 g/mol. The fraction of sp³-hybridized carbons (Fsp3) is 0. The van der Waals surface area contributed by atoms with Gasteiger partial charge in [0.1, 0.15) is 0 Å². The molecule has 0 aliphatic carbocycles. The first-order valence-corrected chi connectivity index (χ1v) is 19.9. The minimum absolute atomic E-state index is 1.10. The van der Waals surface area contributed by atoms with E-state index in [9.17, 15) is 0 Å². The molecule has 0 N–H and O–H groups in total. The Morgan fingerprint density at radius 2 is 0.750 bits per heavy atom. The minimum Gasteiger partial charge on any atom is -0.310 e. The topological polar surface area (TPSA) is 3.24 Å². The molecule has 0 fully saturated rings. The molecule has 1 aromatic heterocycles. The first-order chi connectivity index (χ1) is 27.8. The number of hydrogen-bond donors (Lipinski definition) is 0. The highest BCUT2D eigenvalue weighted by Crippen LogP contribution is 2.47. The van der Waals surface area contributed by atoms with Crippen molar-refractivity contribution in [1.82, 2.24) is 0 Å². The smallest absolute Gasteiger partial charge is 0.0540 e. The van der Waals surface area contributed by atoms with E-state index in [4.69, 9.17) is 0 Å². The molecule has 10 rings (SSSR count). The van der Waals surface area contributed by atoms with Crippen molar-refractivity contribution >= 4 is 48.6 Å². The summed E-state index contributed by atoms with van der Waals surface area (Å²) in [6.07, 6.45) is 0. The largest absolute Gasteiger partial charge is 0.310 e. The van der Waals surface area contributed by atoms with Gasteiger partial charge in [-0.25, -0.2) is 0 Å². The number of benzene rings is 9. The van der Waals surface area contributed by atoms with E-state index in [1.165, 1.54) is 75.8 Å². The van der Waals surface area contributed by atoms with Crippen LogP contribution < -0.4 is 4.90 Å². The molecule has 0 saturated heterocycles. The molecule has 9 aromatic carbocycles. The van der Waals surface area contributed by atoms with E-state index >= 15 is 0 Å². The SMILES string of the molecule is c1ccc(-c2cccc(-c3ccc(N(c4ccc5sc6ccccc6c5c4)c4ccccc4-c4ccccc4-c4ccccc4-c4ccccc4)cc3)c2)cc1. The van der Waals surface area contributed by atoms with Gasteiger partial charge in [-0.05, 0) is 98.6 Å². The van der Waals surface area contributed by atoms with E-state index < -0.39 is 0 Å². The number of rotatable bonds is 8. The van der Waals surface area contributed by atoms with Gasteiger partial charge in [0.15, 0.2) is 0 Å². The summed E-state index contributed by atoms with van der Waals surface area (Å²) in [5.41, 5.74) is 15.3. The molecule has 0 unspecified atom stereocenters. The maximum absolute atomic E-state index is 2.44. The highest BCUT2D eigenvalue weighted by atomic mass is 32.1. The van der Waals surface area contributed by atoms with Crippen LogP contribution in [0.3, 0.4) is 0 Å². The van der Waals surface area contributed by atoms with Gasteiger partial charge in [-0.2, -0.15) is 0 Å². The van der Waals surface area contributed by atoms with Crippen molar-refractivity contribution in [2.24, 2.45) is 0 Å². The summed E-state index contributed by atoms with van der Waals surface area (Å²) in [4.78, 5) is 2.44. The molecule has 0 bridgehead atoms. The van der Waals surface area contributed by atoms with E-state index in [2.05, 4.69) is 229 Å². The molecule has 1 nitrogen and oxygen atoms in total. The van der Waals surface area contributed by atoms with Crippen LogP contribution in [0.4, 0.5) is 17.1 Å². The van der Waals surface area contributed by atoms with Crippen LogP contribution in [0.25, 0.3) is 75.8 Å². The quantitative estimate of drug-likeness (QED) is 0.150. The third-order valence-corrected chi connectivity index (χ3v) is 11.9. The van der Waals surface area contributed by atoms with E-state index in [-0.39, 0.29) is 0 Å². The van der Waals surface area contributed by atoms with Crippen molar-refractivity contribution in [3.63, 3.8) is 0 Å². The number of anilines is 3. The summed E-state index contributed by atoms with van der Waals surface area (Å²) >= 11 is 1.85. The van der Waals surface area contributed by atoms with Crippen LogP contribution in [-0.2, 0) is 0 Å². The standard InChI is InChI=1S/C54H37NS/c1-3-16-38(17-4-1)41-20-15-21-42(36-41)39-30-32-43(33-31-39)55(44-34-35-54-51(37-44)50-27-12-14-29-53(50)56-54)52-28-13-11-26-49(52)48-25-10-9-24-47(48)46-23-8-7-22-45(46)40-18-5-2-6-19-40/h1-37H. The van der Waals surface area contributed by atoms with Gasteiger partial charge >= 0.3 is 0 Å². The highest BCUT2D eigenvalue weighted by Gasteiger charge is 2.21. The predicted molar refractivity (Wildman–Crippen MR) is 241 cm³/mol. The maximum Gasteiger partial charge on any atom is 0.0540 e. The average molecular weight is 732 g/mol. The van der Waals surface area contributed by atoms with Crippen molar-refractivity contribution < 1.29 is 0 Å². The fourth-order valence-corrected chi connectivity index (χ4v) is 9.12. The molecule has 0 amide bonds. The highest BCUT2D eigenvalue weighted by molar-refractivity contribution is 7.25. The minimum atomic E-state index is 1.10. The van der Waals surface area contributed by atoms with Crippen molar-refractivity contribution in [2.45, 2.75) is 0 Å². The van der Waals surface area contributed by atoms with E-state index in [1.807, 2.05) is 11.3 Å². The molecular formula is C54H37NS. The lowest BCUT2D eigenvalue weighted by molar-refractivity contribution is 1.29. The van der Waals surface area contributed by atoms with E-state index in [0.29, 0.717) is 0 Å². The third kappa shape index (κ3) is 6.26. The summed E-state index contributed by atoms with van der Waals surface area (Å²) < 4.78 is 2.60. The fourth-order valence-electron chi connectivity index (χ4n) is 8.03. The summed E-state index contributed by atoms with van der Waals surface area (Å²) in [7, 11) is 0. The summed E-state index contributed by atoms with van der Waals surface area (Å²) in [6.45, 7) is 0. The van der Waals surface area contributed by atoms with Crippen molar-refractivity contribution in [2.75, 3.05) is 4.90 Å². The Balaban J connectivity index is 1.14. The second-order valence-corrected chi connectivity index (χ2v) is 15.2. The zero-order valence-electron chi connectivity index (χ0n) is 30.7. The van der Waals surface area contributed by atoms with Gasteiger partial charge in [0.2, 0.25) is 0 Å². The summed E-state index contributed by atoms with van der Waals surface area (Å²) in [6, 6.07) is 81.4. The average Bonchev–Trinajstić information content (AvgIpc) is 3.66. The van der Waals surface area contributed by atoms with Gasteiger partial charge < -0.3 is 4.90 Å². The zero-order chi connectivity index (χ0) is 37.3. The van der Waals surface area contributed by atoms with Gasteiger partial charge in [0.25, 0.3) is 0 Å². The second-order valence-electron chi connectivity index (χ2n) is 14.1. The normalized spacial score (nSPS) is 11.2. The Labute approximate surface area is 332 Å². The van der Waals surface area contributed by atoms with Crippen molar-refractivity contribution in [1.29, 1.82) is 0 Å². The molecule has 56 heavy (non-hydrogen) atoms. The van der Waals surface area contributed by atoms with Crippen LogP contribution in [0.1, 0.15) is 0 Å². The van der Waals surface area contributed by atoms with Crippen LogP contribution in [0.2, 0.25) is 0 Å². The summed E-state index contributed by atoms with van der Waals surface area (Å²) in [5.74, 6) is 0. The third-order valence-electron chi connectivity index (χ3n) is 10.7. The lowest BCUT2D eigenvalue weighted by Crippen LogP contribution is -2.11. The molecule has 0 aliphatic rings. The molecule has 0 saturated carbocycles. The summed E-state index contributed by atoms with van der Waals surface area (Å²) in [5, 5.41) is 2.57. The van der Waals surface area contributed by atoms with Crippen molar-refractivity contribution in [3.8, 4) is 55.6 Å². The van der Waals surface area contributed by atoms with Gasteiger partial charge in [-0.15, -0.1) is 11.3 Å². The molecule has 2 heteroatoms. The van der Waals surface area contributed by atoms with Crippen LogP contribution in [0.5, 0.6) is 0 Å². The Morgan fingerprint density at radius 3 is 1.46 bits per heavy atom. The number of nitrogens with zero attached hydrogens (tertiary/aromatic N) is 1. The monoisotopic (exact) mass is 731 g/mol. The van der Waals surface area contributed by atoms with Crippen LogP contribution >= 0.6 is 11.3 Å². The molecule has 0 aliphatic heterocycles. The van der Waals surface area contributed by atoms with Gasteiger partial charge in [-0.1, -0.05) is 176 Å². The Kier molecular flexibility index (Phi) is 8.79. The maximum atomic E-state index is 2.44. The lowest BCUT2D eigenvalue weighted by Gasteiger charge is -2.29. The van der Waals surface area contributed by atoms with Gasteiger partial charge in [-0.3, -0.25) is 0 Å². The van der Waals surface area contributed by atoms with Crippen LogP contribution in [0.15, 0.2) is 224 Å². The number of hydrogen-bond acceptors (Lipinski definition) is 2. The zero-order valence-corrected chi connectivity index (χ0v) is 31.5. The molecule has 0 radical (unpaired) electrons. The molecule has 1 heterocycles. The van der Waals surface area contributed by atoms with E-state index in [0.717, 1.165) is 17.1 Å². The molecule has 0 atom stereocenters. The number of para-hydroxylation sites is 1. The molecule has 10 aromatic rings. The number of fused-ring (bicyclic) bond motifs is 3. The van der Waals surface area contributed by atoms with Gasteiger partial charge in [0.05, 0.1) is 5.69 Å². The van der Waals surface area contributed by atoms with Crippen LogP contribution in [0, 0.1) is 0 Å². The number of thiophene rings is 1. The lowest BCUT2D eigenvalue weighted by atomic mass is 9.88. The Bertz CT molecular complexity index is 2960.